The van der Waals surface area contributed by atoms with Crippen LogP contribution in [0.5, 0.6) is 0 Å². The van der Waals surface area contributed by atoms with Crippen molar-refractivity contribution < 1.29 is 13.3 Å². The average molecular weight is 360 g/mol. The zero-order valence-electron chi connectivity index (χ0n) is 15.8. The summed E-state index contributed by atoms with van der Waals surface area (Å²) < 4.78 is 17.4. The van der Waals surface area contributed by atoms with Crippen LogP contribution in [0.4, 0.5) is 5.69 Å². The lowest BCUT2D eigenvalue weighted by Crippen LogP contribution is -2.56. The van der Waals surface area contributed by atoms with Gasteiger partial charge in [-0.05, 0) is 36.0 Å². The van der Waals surface area contributed by atoms with Gasteiger partial charge in [0, 0.05) is 37.8 Å². The first-order valence-electron chi connectivity index (χ1n) is 8.72. The van der Waals surface area contributed by atoms with Crippen molar-refractivity contribution in [1.29, 1.82) is 0 Å². The molecular weight excluding hydrogens is 330 g/mol. The molecule has 0 fully saturated rings. The fraction of sp³-hybridized carbons (Fsp3) is 0.400. The highest BCUT2D eigenvalue weighted by Gasteiger charge is 2.44. The fourth-order valence-electron chi connectivity index (χ4n) is 3.53. The Kier molecular flexibility index (Phi) is 6.78. The monoisotopic (exact) mass is 359 g/mol. The van der Waals surface area contributed by atoms with Crippen LogP contribution < -0.4 is 10.9 Å². The van der Waals surface area contributed by atoms with E-state index in [-0.39, 0.29) is 0 Å². The summed E-state index contributed by atoms with van der Waals surface area (Å²) in [6.07, 6.45) is 2.05. The second-order valence-corrected chi connectivity index (χ2v) is 8.91. The molecule has 0 amide bonds. The van der Waals surface area contributed by atoms with Gasteiger partial charge in [0.15, 0.2) is 0 Å². The van der Waals surface area contributed by atoms with Gasteiger partial charge in [0.1, 0.15) is 0 Å². The molecule has 0 aromatic heterocycles. The lowest BCUT2D eigenvalue weighted by Gasteiger charge is -2.30. The van der Waals surface area contributed by atoms with Crippen LogP contribution in [0, 0.1) is 0 Å². The van der Waals surface area contributed by atoms with Crippen molar-refractivity contribution in [1.82, 2.24) is 0 Å². The Hall–Kier alpha value is -1.66. The van der Waals surface area contributed by atoms with Crippen LogP contribution in [-0.4, -0.2) is 30.1 Å². The number of nitrogens with two attached hydrogens (primary N) is 1. The molecule has 0 atom stereocenters. The Bertz CT molecular complexity index is 689. The number of para-hydroxylation sites is 1. The van der Waals surface area contributed by atoms with Gasteiger partial charge in [-0.1, -0.05) is 50.2 Å². The Balaban J connectivity index is 2.82. The molecule has 25 heavy (non-hydrogen) atoms. The Morgan fingerprint density at radius 2 is 1.40 bits per heavy atom. The van der Waals surface area contributed by atoms with Gasteiger partial charge in [-0.3, -0.25) is 0 Å². The van der Waals surface area contributed by atoms with Gasteiger partial charge < -0.3 is 19.0 Å². The Labute approximate surface area is 152 Å². The quantitative estimate of drug-likeness (QED) is 0.573. The number of nitrogen functional groups attached to an aromatic ring is 1. The first kappa shape index (κ1) is 19.7. The third-order valence-corrected chi connectivity index (χ3v) is 7.60. The molecule has 0 aliphatic rings. The molecule has 136 valence electrons. The molecule has 5 heteroatoms. The summed E-state index contributed by atoms with van der Waals surface area (Å²) in [5.74, 6) is 0.373. The van der Waals surface area contributed by atoms with E-state index in [9.17, 15) is 0 Å². The summed E-state index contributed by atoms with van der Waals surface area (Å²) in [5.41, 5.74) is 10.4. The van der Waals surface area contributed by atoms with E-state index in [4.69, 9.17) is 19.0 Å². The molecule has 0 heterocycles. The number of hydrogen-bond donors (Lipinski definition) is 1. The zero-order valence-corrected chi connectivity index (χ0v) is 16.8. The molecule has 0 unspecified atom stereocenters. The Morgan fingerprint density at radius 1 is 0.840 bits per heavy atom. The number of benzene rings is 2. The zero-order chi connectivity index (χ0) is 18.4. The lowest BCUT2D eigenvalue weighted by atomic mass is 9.87. The van der Waals surface area contributed by atoms with Gasteiger partial charge in [-0.15, -0.1) is 0 Å². The van der Waals surface area contributed by atoms with Gasteiger partial charge in [-0.25, -0.2) is 0 Å². The maximum atomic E-state index is 6.28. The topological polar surface area (TPSA) is 53.7 Å². The minimum atomic E-state index is -2.96. The van der Waals surface area contributed by atoms with Crippen molar-refractivity contribution in [3.8, 4) is 11.1 Å². The molecule has 0 spiro atoms. The van der Waals surface area contributed by atoms with E-state index in [0.29, 0.717) is 5.92 Å². The van der Waals surface area contributed by atoms with Crippen LogP contribution in [0.2, 0.25) is 0 Å². The molecule has 0 saturated carbocycles. The molecule has 2 rings (SSSR count). The van der Waals surface area contributed by atoms with E-state index in [1.807, 2.05) is 24.3 Å². The van der Waals surface area contributed by atoms with Gasteiger partial charge in [0.25, 0.3) is 0 Å². The first-order valence-corrected chi connectivity index (χ1v) is 10.4. The van der Waals surface area contributed by atoms with Gasteiger partial charge >= 0.3 is 8.80 Å². The van der Waals surface area contributed by atoms with E-state index < -0.39 is 8.80 Å². The number of anilines is 1. The van der Waals surface area contributed by atoms with Crippen LogP contribution >= 0.6 is 0 Å². The maximum Gasteiger partial charge on any atom is 0.536 e. The summed E-state index contributed by atoms with van der Waals surface area (Å²) in [7, 11) is 2.00. The molecule has 0 aliphatic heterocycles. The molecule has 2 N–H and O–H groups in total. The lowest BCUT2D eigenvalue weighted by molar-refractivity contribution is 0.140. The van der Waals surface area contributed by atoms with Crippen molar-refractivity contribution in [2.45, 2.75) is 32.6 Å². The first-order chi connectivity index (χ1) is 12.1. The fourth-order valence-corrected chi connectivity index (χ4v) is 5.65. The highest BCUT2D eigenvalue weighted by molar-refractivity contribution is 6.75. The maximum absolute atomic E-state index is 6.28. The number of hydrogen-bond acceptors (Lipinski definition) is 4. The van der Waals surface area contributed by atoms with E-state index in [1.54, 1.807) is 21.3 Å². The third kappa shape index (κ3) is 3.65. The molecule has 2 aromatic carbocycles. The second-order valence-electron chi connectivity index (χ2n) is 6.04. The van der Waals surface area contributed by atoms with Crippen molar-refractivity contribution in [3.05, 3.63) is 48.0 Å². The van der Waals surface area contributed by atoms with Crippen LogP contribution in [0.1, 0.15) is 38.2 Å². The normalized spacial score (nSPS) is 11.9. The van der Waals surface area contributed by atoms with Crippen LogP contribution in [0.25, 0.3) is 11.1 Å². The summed E-state index contributed by atoms with van der Waals surface area (Å²) in [6.45, 7) is 4.41. The predicted molar refractivity (Wildman–Crippen MR) is 106 cm³/mol. The predicted octanol–water partition coefficient (Wildman–Crippen LogP) is 3.92. The standard InChI is InChI=1S/C20H29NO3Si/c1-6-15(7-2)20-17(16-11-8-9-13-18(16)21)12-10-14-19(20)25(22-3,23-4)24-5/h8-15H,6-7,21H2,1-5H3. The molecule has 0 saturated heterocycles. The van der Waals surface area contributed by atoms with Gasteiger partial charge in [0.05, 0.1) is 0 Å². The molecule has 4 nitrogen and oxygen atoms in total. The number of rotatable bonds is 8. The highest BCUT2D eigenvalue weighted by Crippen LogP contribution is 2.35. The summed E-state index contributed by atoms with van der Waals surface area (Å²) in [5, 5.41) is 1.02. The molecule has 0 bridgehead atoms. The van der Waals surface area contributed by atoms with Crippen LogP contribution in [0.15, 0.2) is 42.5 Å². The van der Waals surface area contributed by atoms with Crippen molar-refractivity contribution in [2.24, 2.45) is 0 Å². The summed E-state index contributed by atoms with van der Waals surface area (Å²) >= 11 is 0. The van der Waals surface area contributed by atoms with E-state index in [1.165, 1.54) is 5.56 Å². The van der Waals surface area contributed by atoms with Crippen LogP contribution in [0.3, 0.4) is 0 Å². The van der Waals surface area contributed by atoms with Crippen molar-refractivity contribution >= 4 is 19.7 Å². The largest absolute Gasteiger partial charge is 0.536 e. The van der Waals surface area contributed by atoms with Crippen molar-refractivity contribution in [2.75, 3.05) is 27.1 Å². The minimum absolute atomic E-state index is 0.373. The van der Waals surface area contributed by atoms with Crippen LogP contribution in [-0.2, 0) is 13.3 Å². The van der Waals surface area contributed by atoms with E-state index in [0.717, 1.165) is 34.8 Å². The molecule has 0 radical (unpaired) electrons. The Morgan fingerprint density at radius 3 is 1.92 bits per heavy atom. The summed E-state index contributed by atoms with van der Waals surface area (Å²) in [4.78, 5) is 0. The third-order valence-electron chi connectivity index (χ3n) is 4.89. The minimum Gasteiger partial charge on any atom is -0.398 e. The molecule has 2 aromatic rings. The van der Waals surface area contributed by atoms with Crippen molar-refractivity contribution in [3.63, 3.8) is 0 Å². The second kappa shape index (κ2) is 8.63. The summed E-state index contributed by atoms with van der Waals surface area (Å²) in [6, 6.07) is 14.2. The molecule has 0 aliphatic carbocycles. The molecular formula is C20H29NO3Si. The van der Waals surface area contributed by atoms with E-state index in [2.05, 4.69) is 32.0 Å². The van der Waals surface area contributed by atoms with Gasteiger partial charge in [0.2, 0.25) is 0 Å². The smallest absolute Gasteiger partial charge is 0.398 e. The SMILES string of the molecule is CCC(CC)c1c(-c2ccccc2N)cccc1[Si](OC)(OC)OC. The van der Waals surface area contributed by atoms with Gasteiger partial charge in [-0.2, -0.15) is 0 Å². The van der Waals surface area contributed by atoms with E-state index >= 15 is 0 Å². The highest BCUT2D eigenvalue weighted by atomic mass is 28.4. The average Bonchev–Trinajstić information content (AvgIpc) is 2.66.